The Kier molecular flexibility index (Phi) is 4.67. The van der Waals surface area contributed by atoms with Crippen molar-refractivity contribution in [3.63, 3.8) is 0 Å². The normalized spacial score (nSPS) is 14.1. The van der Waals surface area contributed by atoms with Crippen molar-refractivity contribution in [3.8, 4) is 0 Å². The average molecular weight is 339 g/mol. The SMILES string of the molecule is CC(N)(Cc1ccccc1)Cc1ccc(Br)cc1Cl. The van der Waals surface area contributed by atoms with Gasteiger partial charge in [-0.05, 0) is 43.0 Å². The molecule has 0 bridgehead atoms. The zero-order valence-electron chi connectivity index (χ0n) is 10.9. The molecular formula is C16H17BrClN. The summed E-state index contributed by atoms with van der Waals surface area (Å²) in [5.74, 6) is 0. The van der Waals surface area contributed by atoms with Crippen LogP contribution in [0.3, 0.4) is 0 Å². The lowest BCUT2D eigenvalue weighted by Crippen LogP contribution is -2.41. The zero-order valence-corrected chi connectivity index (χ0v) is 13.2. The molecule has 0 aromatic heterocycles. The van der Waals surface area contributed by atoms with Crippen molar-refractivity contribution in [2.24, 2.45) is 5.73 Å². The molecule has 0 aliphatic rings. The van der Waals surface area contributed by atoms with Gasteiger partial charge >= 0.3 is 0 Å². The predicted octanol–water partition coefficient (Wildman–Crippen LogP) is 4.61. The number of hydrogen-bond donors (Lipinski definition) is 1. The van der Waals surface area contributed by atoms with E-state index in [4.69, 9.17) is 17.3 Å². The monoisotopic (exact) mass is 337 g/mol. The molecule has 0 radical (unpaired) electrons. The molecule has 0 spiro atoms. The first kappa shape index (κ1) is 14.6. The molecule has 0 saturated carbocycles. The molecule has 0 fully saturated rings. The van der Waals surface area contributed by atoms with Gasteiger partial charge in [0.25, 0.3) is 0 Å². The molecule has 2 aromatic rings. The Balaban J connectivity index is 2.12. The number of hydrogen-bond acceptors (Lipinski definition) is 1. The van der Waals surface area contributed by atoms with Gasteiger partial charge < -0.3 is 5.73 Å². The molecular weight excluding hydrogens is 322 g/mol. The maximum absolute atomic E-state index is 6.42. The quantitative estimate of drug-likeness (QED) is 0.866. The van der Waals surface area contributed by atoms with E-state index >= 15 is 0 Å². The molecule has 0 saturated heterocycles. The number of halogens is 2. The minimum Gasteiger partial charge on any atom is -0.325 e. The van der Waals surface area contributed by atoms with E-state index in [1.54, 1.807) is 0 Å². The molecule has 0 amide bonds. The van der Waals surface area contributed by atoms with Crippen LogP contribution in [0, 0.1) is 0 Å². The third-order valence-electron chi connectivity index (χ3n) is 3.06. The lowest BCUT2D eigenvalue weighted by molar-refractivity contribution is 0.463. The van der Waals surface area contributed by atoms with Crippen LogP contribution in [0.15, 0.2) is 53.0 Å². The third-order valence-corrected chi connectivity index (χ3v) is 3.91. The predicted molar refractivity (Wildman–Crippen MR) is 85.6 cm³/mol. The summed E-state index contributed by atoms with van der Waals surface area (Å²) >= 11 is 9.67. The zero-order chi connectivity index (χ0) is 13.9. The summed E-state index contributed by atoms with van der Waals surface area (Å²) in [6, 6.07) is 16.2. The Morgan fingerprint density at radius 3 is 2.42 bits per heavy atom. The Labute approximate surface area is 127 Å². The lowest BCUT2D eigenvalue weighted by atomic mass is 9.87. The summed E-state index contributed by atoms with van der Waals surface area (Å²) in [5.41, 5.74) is 8.45. The van der Waals surface area contributed by atoms with Crippen LogP contribution in [-0.4, -0.2) is 5.54 Å². The van der Waals surface area contributed by atoms with E-state index in [0.717, 1.165) is 27.9 Å². The van der Waals surface area contributed by atoms with Crippen molar-refractivity contribution < 1.29 is 0 Å². The van der Waals surface area contributed by atoms with Gasteiger partial charge in [-0.25, -0.2) is 0 Å². The van der Waals surface area contributed by atoms with Gasteiger partial charge in [0.2, 0.25) is 0 Å². The molecule has 2 aromatic carbocycles. The number of nitrogens with two attached hydrogens (primary N) is 1. The first-order chi connectivity index (χ1) is 8.96. The Hall–Kier alpha value is -0.830. The summed E-state index contributed by atoms with van der Waals surface area (Å²) in [7, 11) is 0. The van der Waals surface area contributed by atoms with Crippen molar-refractivity contribution in [3.05, 3.63) is 69.2 Å². The number of benzene rings is 2. The summed E-state index contributed by atoms with van der Waals surface area (Å²) in [6.07, 6.45) is 1.59. The molecule has 0 heterocycles. The second-order valence-electron chi connectivity index (χ2n) is 5.23. The molecule has 0 aliphatic carbocycles. The first-order valence-corrected chi connectivity index (χ1v) is 7.40. The van der Waals surface area contributed by atoms with Crippen molar-refractivity contribution in [1.82, 2.24) is 0 Å². The van der Waals surface area contributed by atoms with E-state index in [1.165, 1.54) is 5.56 Å². The van der Waals surface area contributed by atoms with Gasteiger partial charge in [-0.15, -0.1) is 0 Å². The van der Waals surface area contributed by atoms with Gasteiger partial charge in [-0.3, -0.25) is 0 Å². The molecule has 0 aliphatic heterocycles. The van der Waals surface area contributed by atoms with Gasteiger partial charge in [0.05, 0.1) is 0 Å². The van der Waals surface area contributed by atoms with E-state index in [0.29, 0.717) is 0 Å². The maximum Gasteiger partial charge on any atom is 0.0449 e. The molecule has 100 valence electrons. The first-order valence-electron chi connectivity index (χ1n) is 6.23. The molecule has 1 atom stereocenters. The fraction of sp³-hybridized carbons (Fsp3) is 0.250. The van der Waals surface area contributed by atoms with Crippen molar-refractivity contribution in [2.45, 2.75) is 25.3 Å². The van der Waals surface area contributed by atoms with Gasteiger partial charge in [-0.1, -0.05) is 63.9 Å². The van der Waals surface area contributed by atoms with E-state index in [2.05, 4.69) is 35.0 Å². The highest BCUT2D eigenvalue weighted by Gasteiger charge is 2.21. The molecule has 1 nitrogen and oxygen atoms in total. The van der Waals surface area contributed by atoms with Crippen LogP contribution >= 0.6 is 27.5 Å². The lowest BCUT2D eigenvalue weighted by Gasteiger charge is -2.25. The largest absolute Gasteiger partial charge is 0.325 e. The van der Waals surface area contributed by atoms with Crippen LogP contribution in [0.1, 0.15) is 18.1 Å². The van der Waals surface area contributed by atoms with E-state index in [-0.39, 0.29) is 5.54 Å². The second kappa shape index (κ2) is 6.08. The third kappa shape index (κ3) is 4.34. The van der Waals surface area contributed by atoms with Gasteiger partial charge in [0.1, 0.15) is 0 Å². The summed E-state index contributed by atoms with van der Waals surface area (Å²) in [6.45, 7) is 2.07. The van der Waals surface area contributed by atoms with Crippen molar-refractivity contribution >= 4 is 27.5 Å². The minimum atomic E-state index is -0.307. The summed E-state index contributed by atoms with van der Waals surface area (Å²) < 4.78 is 0.989. The van der Waals surface area contributed by atoms with Crippen LogP contribution in [-0.2, 0) is 12.8 Å². The highest BCUT2D eigenvalue weighted by Crippen LogP contribution is 2.25. The van der Waals surface area contributed by atoms with Gasteiger partial charge in [-0.2, -0.15) is 0 Å². The van der Waals surface area contributed by atoms with Crippen LogP contribution in [0.2, 0.25) is 5.02 Å². The highest BCUT2D eigenvalue weighted by molar-refractivity contribution is 9.10. The molecule has 2 N–H and O–H groups in total. The van der Waals surface area contributed by atoms with Crippen molar-refractivity contribution in [2.75, 3.05) is 0 Å². The maximum atomic E-state index is 6.42. The Morgan fingerprint density at radius 2 is 1.79 bits per heavy atom. The van der Waals surface area contributed by atoms with Crippen molar-refractivity contribution in [1.29, 1.82) is 0 Å². The molecule has 2 rings (SSSR count). The molecule has 1 unspecified atom stereocenters. The second-order valence-corrected chi connectivity index (χ2v) is 6.55. The van der Waals surface area contributed by atoms with Crippen LogP contribution in [0.25, 0.3) is 0 Å². The van der Waals surface area contributed by atoms with Gasteiger partial charge in [0, 0.05) is 15.0 Å². The van der Waals surface area contributed by atoms with E-state index in [9.17, 15) is 0 Å². The fourth-order valence-electron chi connectivity index (χ4n) is 2.22. The van der Waals surface area contributed by atoms with E-state index < -0.39 is 0 Å². The fourth-order valence-corrected chi connectivity index (χ4v) is 2.97. The van der Waals surface area contributed by atoms with E-state index in [1.807, 2.05) is 36.4 Å². The minimum absolute atomic E-state index is 0.307. The average Bonchev–Trinajstić information content (AvgIpc) is 2.33. The van der Waals surface area contributed by atoms with Crippen LogP contribution in [0.4, 0.5) is 0 Å². The molecule has 19 heavy (non-hydrogen) atoms. The molecule has 3 heteroatoms. The highest BCUT2D eigenvalue weighted by atomic mass is 79.9. The van der Waals surface area contributed by atoms with Crippen LogP contribution in [0.5, 0.6) is 0 Å². The summed E-state index contributed by atoms with van der Waals surface area (Å²) in [5, 5.41) is 0.763. The Bertz CT molecular complexity index is 552. The smallest absolute Gasteiger partial charge is 0.0449 e. The Morgan fingerprint density at radius 1 is 1.11 bits per heavy atom. The summed E-state index contributed by atoms with van der Waals surface area (Å²) in [4.78, 5) is 0. The van der Waals surface area contributed by atoms with Crippen LogP contribution < -0.4 is 5.73 Å². The van der Waals surface area contributed by atoms with Gasteiger partial charge in [0.15, 0.2) is 0 Å². The number of rotatable bonds is 4. The standard InChI is InChI=1S/C16H17BrClN/c1-16(19,10-12-5-3-2-4-6-12)11-13-7-8-14(17)9-15(13)18/h2-9H,10-11,19H2,1H3. The topological polar surface area (TPSA) is 26.0 Å².